The van der Waals surface area contributed by atoms with Gasteiger partial charge in [-0.2, -0.15) is 0 Å². The number of esters is 1. The largest absolute Gasteiger partial charge is 0.466 e. The van der Waals surface area contributed by atoms with Crippen molar-refractivity contribution in [2.45, 2.75) is 49.5 Å². The minimum Gasteiger partial charge on any atom is -0.466 e. The Morgan fingerprint density at radius 3 is 2.62 bits per heavy atom. The molecule has 0 aromatic rings. The van der Waals surface area contributed by atoms with Gasteiger partial charge in [-0.05, 0) is 32.6 Å². The van der Waals surface area contributed by atoms with Crippen molar-refractivity contribution in [1.82, 2.24) is 0 Å². The molecule has 4 heteroatoms. The number of rotatable bonds is 3. The van der Waals surface area contributed by atoms with E-state index in [4.69, 9.17) is 4.74 Å². The van der Waals surface area contributed by atoms with Gasteiger partial charge in [0.05, 0.1) is 13.0 Å². The van der Waals surface area contributed by atoms with Crippen LogP contribution in [-0.2, 0) is 20.3 Å². The van der Waals surface area contributed by atoms with Gasteiger partial charge in [0.25, 0.3) is 0 Å². The summed E-state index contributed by atoms with van der Waals surface area (Å²) in [5, 5.41) is 0.708. The number of ether oxygens (including phenoxy) is 1. The SMILES string of the molecule is CCOC(=O)CC=C1CC2CCC(C1)S2=O. The first kappa shape index (κ1) is 11.8. The Hall–Kier alpha value is -0.640. The quantitative estimate of drug-likeness (QED) is 0.561. The molecule has 2 unspecified atom stereocenters. The summed E-state index contributed by atoms with van der Waals surface area (Å²) in [7, 11) is -0.614. The van der Waals surface area contributed by atoms with Crippen molar-refractivity contribution in [2.24, 2.45) is 0 Å². The predicted molar refractivity (Wildman–Crippen MR) is 63.5 cm³/mol. The second-order valence-corrected chi connectivity index (χ2v) is 6.42. The summed E-state index contributed by atoms with van der Waals surface area (Å²) in [6.45, 7) is 2.26. The van der Waals surface area contributed by atoms with Crippen molar-refractivity contribution < 1.29 is 13.7 Å². The van der Waals surface area contributed by atoms with Crippen LogP contribution in [0.5, 0.6) is 0 Å². The van der Waals surface area contributed by atoms with Gasteiger partial charge >= 0.3 is 5.97 Å². The third-order valence-electron chi connectivity index (χ3n) is 3.31. The molecule has 0 aliphatic carbocycles. The summed E-state index contributed by atoms with van der Waals surface area (Å²) < 4.78 is 16.6. The molecule has 0 aromatic carbocycles. The number of carbonyl (C=O) groups is 1. The molecule has 90 valence electrons. The van der Waals surface area contributed by atoms with Crippen LogP contribution in [0.4, 0.5) is 0 Å². The zero-order valence-electron chi connectivity index (χ0n) is 9.61. The maximum absolute atomic E-state index is 11.8. The fourth-order valence-electron chi connectivity index (χ4n) is 2.53. The molecule has 0 amide bonds. The number of carbonyl (C=O) groups excluding carboxylic acids is 1. The topological polar surface area (TPSA) is 43.4 Å². The fraction of sp³-hybridized carbons (Fsp3) is 0.750. The molecule has 2 aliphatic heterocycles. The van der Waals surface area contributed by atoms with Crippen LogP contribution in [-0.4, -0.2) is 27.3 Å². The number of hydrogen-bond donors (Lipinski definition) is 0. The highest BCUT2D eigenvalue weighted by molar-refractivity contribution is 7.86. The molecule has 2 fully saturated rings. The number of fused-ring (bicyclic) bond motifs is 2. The second kappa shape index (κ2) is 5.13. The lowest BCUT2D eigenvalue weighted by molar-refractivity contribution is -0.142. The second-order valence-electron chi connectivity index (χ2n) is 4.43. The molecule has 0 N–H and O–H groups in total. The summed E-state index contributed by atoms with van der Waals surface area (Å²) in [5.41, 5.74) is 1.31. The molecule has 0 spiro atoms. The van der Waals surface area contributed by atoms with Crippen LogP contribution < -0.4 is 0 Å². The van der Waals surface area contributed by atoms with E-state index in [9.17, 15) is 9.00 Å². The molecule has 3 nitrogen and oxygen atoms in total. The van der Waals surface area contributed by atoms with E-state index in [-0.39, 0.29) is 5.97 Å². The lowest BCUT2D eigenvalue weighted by Gasteiger charge is -2.21. The van der Waals surface area contributed by atoms with Gasteiger partial charge in [0, 0.05) is 21.3 Å². The predicted octanol–water partition coefficient (Wildman–Crippen LogP) is 1.94. The molecule has 2 aliphatic rings. The monoisotopic (exact) mass is 242 g/mol. The lowest BCUT2D eigenvalue weighted by atomic mass is 10.1. The molecule has 0 radical (unpaired) electrons. The van der Waals surface area contributed by atoms with E-state index < -0.39 is 10.8 Å². The highest BCUT2D eigenvalue weighted by Gasteiger charge is 2.37. The molecule has 2 heterocycles. The van der Waals surface area contributed by atoms with Crippen LogP contribution >= 0.6 is 0 Å². The van der Waals surface area contributed by atoms with Gasteiger partial charge in [-0.15, -0.1) is 0 Å². The van der Waals surface area contributed by atoms with Crippen LogP contribution in [0.15, 0.2) is 11.6 Å². The first-order valence-corrected chi connectivity index (χ1v) is 7.21. The number of hydrogen-bond acceptors (Lipinski definition) is 3. The zero-order chi connectivity index (χ0) is 11.5. The minimum atomic E-state index is -0.614. The highest BCUT2D eigenvalue weighted by Crippen LogP contribution is 2.38. The van der Waals surface area contributed by atoms with E-state index in [1.54, 1.807) is 0 Å². The molecule has 0 saturated carbocycles. The van der Waals surface area contributed by atoms with E-state index in [1.807, 2.05) is 13.0 Å². The molecule has 2 saturated heterocycles. The molecule has 0 aromatic heterocycles. The average Bonchev–Trinajstić information content (AvgIpc) is 2.52. The van der Waals surface area contributed by atoms with Crippen molar-refractivity contribution in [3.8, 4) is 0 Å². The van der Waals surface area contributed by atoms with Crippen molar-refractivity contribution in [3.63, 3.8) is 0 Å². The summed E-state index contributed by atoms with van der Waals surface area (Å²) in [6, 6.07) is 0. The summed E-state index contributed by atoms with van der Waals surface area (Å²) in [4.78, 5) is 11.2. The van der Waals surface area contributed by atoms with Gasteiger partial charge in [-0.3, -0.25) is 9.00 Å². The van der Waals surface area contributed by atoms with Gasteiger partial charge < -0.3 is 4.74 Å². The van der Waals surface area contributed by atoms with Crippen LogP contribution in [0.3, 0.4) is 0 Å². The van der Waals surface area contributed by atoms with E-state index >= 15 is 0 Å². The molecular weight excluding hydrogens is 224 g/mol. The van der Waals surface area contributed by atoms with Gasteiger partial charge in [0.1, 0.15) is 0 Å². The van der Waals surface area contributed by atoms with E-state index in [2.05, 4.69) is 0 Å². The van der Waals surface area contributed by atoms with Crippen molar-refractivity contribution in [1.29, 1.82) is 0 Å². The summed E-state index contributed by atoms with van der Waals surface area (Å²) >= 11 is 0. The molecule has 2 rings (SSSR count). The standard InChI is InChI=1S/C12H18O3S/c1-2-15-12(13)6-3-9-7-10-4-5-11(8-9)16(10)14/h3,10-11H,2,4-8H2,1H3. The molecule has 16 heavy (non-hydrogen) atoms. The first-order chi connectivity index (χ1) is 7.70. The Morgan fingerprint density at radius 1 is 1.44 bits per heavy atom. The van der Waals surface area contributed by atoms with Gasteiger partial charge in [0.2, 0.25) is 0 Å². The Morgan fingerprint density at radius 2 is 2.06 bits per heavy atom. The smallest absolute Gasteiger partial charge is 0.309 e. The maximum Gasteiger partial charge on any atom is 0.309 e. The van der Waals surface area contributed by atoms with E-state index in [1.165, 1.54) is 5.57 Å². The summed E-state index contributed by atoms with van der Waals surface area (Å²) in [6.07, 6.45) is 6.38. The molecule has 2 bridgehead atoms. The zero-order valence-corrected chi connectivity index (χ0v) is 10.4. The van der Waals surface area contributed by atoms with Gasteiger partial charge in [-0.25, -0.2) is 0 Å². The summed E-state index contributed by atoms with van der Waals surface area (Å²) in [5.74, 6) is -0.158. The van der Waals surface area contributed by atoms with Crippen molar-refractivity contribution in [3.05, 3.63) is 11.6 Å². The normalized spacial score (nSPS) is 32.6. The Balaban J connectivity index is 1.90. The maximum atomic E-state index is 11.8. The Labute approximate surface area is 98.7 Å². The Bertz CT molecular complexity index is 317. The van der Waals surface area contributed by atoms with Gasteiger partial charge in [-0.1, -0.05) is 11.6 Å². The van der Waals surface area contributed by atoms with Crippen LogP contribution in [0.25, 0.3) is 0 Å². The third-order valence-corrected chi connectivity index (χ3v) is 5.43. The van der Waals surface area contributed by atoms with Crippen LogP contribution in [0.2, 0.25) is 0 Å². The minimum absolute atomic E-state index is 0.158. The van der Waals surface area contributed by atoms with Crippen molar-refractivity contribution in [2.75, 3.05) is 6.61 Å². The lowest BCUT2D eigenvalue weighted by Crippen LogP contribution is -2.23. The average molecular weight is 242 g/mol. The molecular formula is C12H18O3S. The van der Waals surface area contributed by atoms with Gasteiger partial charge in [0.15, 0.2) is 0 Å². The first-order valence-electron chi connectivity index (χ1n) is 5.93. The number of allylic oxidation sites excluding steroid dienone is 1. The van der Waals surface area contributed by atoms with Crippen LogP contribution in [0, 0.1) is 0 Å². The van der Waals surface area contributed by atoms with Crippen molar-refractivity contribution >= 4 is 16.8 Å². The third kappa shape index (κ3) is 2.54. The fourth-order valence-corrected chi connectivity index (χ4v) is 4.56. The van der Waals surface area contributed by atoms with Crippen LogP contribution in [0.1, 0.15) is 39.0 Å². The molecule has 2 atom stereocenters. The Kier molecular flexibility index (Phi) is 3.79. The highest BCUT2D eigenvalue weighted by atomic mass is 32.2. The van der Waals surface area contributed by atoms with E-state index in [0.717, 1.165) is 25.7 Å². The van der Waals surface area contributed by atoms with E-state index in [0.29, 0.717) is 23.5 Å².